The van der Waals surface area contributed by atoms with Crippen LogP contribution < -0.4 is 5.32 Å². The summed E-state index contributed by atoms with van der Waals surface area (Å²) in [7, 11) is 0. The largest absolute Gasteiger partial charge is 0.315 e. The Balaban J connectivity index is 2.36. The van der Waals surface area contributed by atoms with E-state index in [4.69, 9.17) is 11.6 Å². The van der Waals surface area contributed by atoms with E-state index in [-0.39, 0.29) is 16.4 Å². The number of hydrogen-bond acceptors (Lipinski definition) is 4. The van der Waals surface area contributed by atoms with Gasteiger partial charge in [0.2, 0.25) is 0 Å². The maximum atomic E-state index is 12.3. The van der Waals surface area contributed by atoms with Crippen molar-refractivity contribution >= 4 is 44.8 Å². The minimum atomic E-state index is -0.604. The second-order valence-corrected chi connectivity index (χ2v) is 5.32. The summed E-state index contributed by atoms with van der Waals surface area (Å²) in [4.78, 5) is 22.7. The molecule has 21 heavy (non-hydrogen) atoms. The van der Waals surface area contributed by atoms with Gasteiger partial charge in [-0.1, -0.05) is 11.6 Å². The normalized spacial score (nSPS) is 10.4. The molecule has 1 aromatic carbocycles. The Morgan fingerprint density at radius 1 is 1.57 bits per heavy atom. The fourth-order valence-electron chi connectivity index (χ4n) is 1.77. The van der Waals surface area contributed by atoms with E-state index in [1.54, 1.807) is 0 Å². The second-order valence-electron chi connectivity index (χ2n) is 4.03. The standard InChI is InChI=1S/C12H10BrClN4O3/c1-2-17-11(8(13)6-15-17)12(19)16-9-4-3-7(14)5-10(9)18(20)21/h3-6H,2H2,1H3,(H,16,19). The number of nitrogens with zero attached hydrogens (tertiary/aromatic N) is 3. The molecule has 1 amide bonds. The third-order valence-corrected chi connectivity index (χ3v) is 3.53. The van der Waals surface area contributed by atoms with Gasteiger partial charge in [0.25, 0.3) is 11.6 Å². The highest BCUT2D eigenvalue weighted by atomic mass is 79.9. The van der Waals surface area contributed by atoms with E-state index in [2.05, 4.69) is 26.3 Å². The molecule has 2 aromatic rings. The molecule has 0 fully saturated rings. The molecule has 0 saturated carbocycles. The molecule has 0 aliphatic carbocycles. The van der Waals surface area contributed by atoms with E-state index in [1.807, 2.05) is 6.92 Å². The molecule has 0 bridgehead atoms. The Labute approximate surface area is 133 Å². The third kappa shape index (κ3) is 3.22. The molecule has 0 spiro atoms. The molecule has 2 rings (SSSR count). The first kappa shape index (κ1) is 15.5. The molecule has 1 aromatic heterocycles. The molecule has 9 heteroatoms. The van der Waals surface area contributed by atoms with Crippen LogP contribution in [-0.4, -0.2) is 20.6 Å². The van der Waals surface area contributed by atoms with Crippen LogP contribution in [-0.2, 0) is 6.54 Å². The zero-order valence-electron chi connectivity index (χ0n) is 10.8. The number of hydrogen-bond donors (Lipinski definition) is 1. The predicted molar refractivity (Wildman–Crippen MR) is 81.7 cm³/mol. The molecule has 110 valence electrons. The Kier molecular flexibility index (Phi) is 4.59. The maximum absolute atomic E-state index is 12.3. The van der Waals surface area contributed by atoms with Gasteiger partial charge in [-0.15, -0.1) is 0 Å². The van der Waals surface area contributed by atoms with Crippen LogP contribution in [0.4, 0.5) is 11.4 Å². The summed E-state index contributed by atoms with van der Waals surface area (Å²) in [6.07, 6.45) is 1.49. The van der Waals surface area contributed by atoms with Gasteiger partial charge in [-0.25, -0.2) is 0 Å². The fourth-order valence-corrected chi connectivity index (χ4v) is 2.41. The number of halogens is 2. The maximum Gasteiger partial charge on any atom is 0.294 e. The summed E-state index contributed by atoms with van der Waals surface area (Å²) in [6, 6.07) is 4.04. The minimum absolute atomic E-state index is 0.0742. The molecule has 1 N–H and O–H groups in total. The van der Waals surface area contributed by atoms with Crippen molar-refractivity contribution in [1.82, 2.24) is 9.78 Å². The number of carbonyl (C=O) groups excluding carboxylic acids is 1. The minimum Gasteiger partial charge on any atom is -0.315 e. The van der Waals surface area contributed by atoms with Crippen molar-refractivity contribution in [3.8, 4) is 0 Å². The van der Waals surface area contributed by atoms with Crippen molar-refractivity contribution < 1.29 is 9.72 Å². The summed E-state index contributed by atoms with van der Waals surface area (Å²) >= 11 is 8.96. The number of nitro groups is 1. The SMILES string of the molecule is CCn1ncc(Br)c1C(=O)Nc1ccc(Cl)cc1[N+](=O)[O-]. The van der Waals surface area contributed by atoms with Crippen LogP contribution >= 0.6 is 27.5 Å². The van der Waals surface area contributed by atoms with Crippen LogP contribution in [0.5, 0.6) is 0 Å². The lowest BCUT2D eigenvalue weighted by Crippen LogP contribution is -2.18. The molecule has 0 aliphatic heterocycles. The molecular formula is C12H10BrClN4O3. The highest BCUT2D eigenvalue weighted by Gasteiger charge is 2.21. The number of anilines is 1. The van der Waals surface area contributed by atoms with Gasteiger partial charge < -0.3 is 5.32 Å². The van der Waals surface area contributed by atoms with E-state index >= 15 is 0 Å². The molecule has 0 radical (unpaired) electrons. The van der Waals surface area contributed by atoms with Crippen LogP contribution in [0.25, 0.3) is 0 Å². The first-order chi connectivity index (χ1) is 9.93. The monoisotopic (exact) mass is 372 g/mol. The van der Waals surface area contributed by atoms with Crippen molar-refractivity contribution in [2.24, 2.45) is 0 Å². The van der Waals surface area contributed by atoms with Crippen molar-refractivity contribution in [2.45, 2.75) is 13.5 Å². The summed E-state index contributed by atoms with van der Waals surface area (Å²) in [5, 5.41) is 17.8. The third-order valence-electron chi connectivity index (χ3n) is 2.71. The first-order valence-corrected chi connectivity index (χ1v) is 7.07. The Hall–Kier alpha value is -1.93. The van der Waals surface area contributed by atoms with Crippen LogP contribution in [0.2, 0.25) is 5.02 Å². The van der Waals surface area contributed by atoms with E-state index < -0.39 is 10.8 Å². The van der Waals surface area contributed by atoms with E-state index in [9.17, 15) is 14.9 Å². The lowest BCUT2D eigenvalue weighted by Gasteiger charge is -2.08. The number of rotatable bonds is 4. The van der Waals surface area contributed by atoms with Gasteiger partial charge in [-0.3, -0.25) is 19.6 Å². The number of amides is 1. The first-order valence-electron chi connectivity index (χ1n) is 5.90. The summed E-state index contributed by atoms with van der Waals surface area (Å²) in [5.41, 5.74) is 0.0986. The second kappa shape index (κ2) is 6.23. The van der Waals surface area contributed by atoms with Crippen LogP contribution in [0.1, 0.15) is 17.4 Å². The zero-order valence-corrected chi connectivity index (χ0v) is 13.2. The molecule has 0 saturated heterocycles. The van der Waals surface area contributed by atoms with Crippen LogP contribution in [0.15, 0.2) is 28.9 Å². The molecular weight excluding hydrogens is 364 g/mol. The quantitative estimate of drug-likeness (QED) is 0.656. The topological polar surface area (TPSA) is 90.1 Å². The van der Waals surface area contributed by atoms with Gasteiger partial charge in [-0.2, -0.15) is 5.10 Å². The van der Waals surface area contributed by atoms with Crippen molar-refractivity contribution in [3.05, 3.63) is 49.7 Å². The van der Waals surface area contributed by atoms with Gasteiger partial charge in [-0.05, 0) is 35.0 Å². The Bertz CT molecular complexity index is 717. The number of aryl methyl sites for hydroxylation is 1. The molecule has 7 nitrogen and oxygen atoms in total. The van der Waals surface area contributed by atoms with Crippen molar-refractivity contribution in [1.29, 1.82) is 0 Å². The number of carbonyl (C=O) groups is 1. The van der Waals surface area contributed by atoms with E-state index in [0.717, 1.165) is 0 Å². The number of nitro benzene ring substituents is 1. The van der Waals surface area contributed by atoms with Gasteiger partial charge in [0.15, 0.2) is 0 Å². The van der Waals surface area contributed by atoms with Gasteiger partial charge in [0.1, 0.15) is 11.4 Å². The van der Waals surface area contributed by atoms with Gasteiger partial charge >= 0.3 is 0 Å². The van der Waals surface area contributed by atoms with Gasteiger partial charge in [0, 0.05) is 17.6 Å². The van der Waals surface area contributed by atoms with E-state index in [0.29, 0.717) is 16.7 Å². The van der Waals surface area contributed by atoms with Crippen LogP contribution in [0, 0.1) is 10.1 Å². The predicted octanol–water partition coefficient (Wildman–Crippen LogP) is 3.48. The van der Waals surface area contributed by atoms with E-state index in [1.165, 1.54) is 29.1 Å². The number of aromatic nitrogens is 2. The average molecular weight is 374 g/mol. The Morgan fingerprint density at radius 3 is 2.90 bits per heavy atom. The molecule has 0 unspecified atom stereocenters. The Morgan fingerprint density at radius 2 is 2.29 bits per heavy atom. The molecule has 0 atom stereocenters. The lowest BCUT2D eigenvalue weighted by atomic mass is 10.2. The summed E-state index contributed by atoms with van der Waals surface area (Å²) in [6.45, 7) is 2.33. The van der Waals surface area contributed by atoms with Crippen LogP contribution in [0.3, 0.4) is 0 Å². The smallest absolute Gasteiger partial charge is 0.294 e. The number of nitrogens with one attached hydrogen (secondary N) is 1. The molecule has 1 heterocycles. The molecule has 0 aliphatic rings. The zero-order chi connectivity index (χ0) is 15.6. The average Bonchev–Trinajstić information content (AvgIpc) is 2.81. The van der Waals surface area contributed by atoms with Gasteiger partial charge in [0.05, 0.1) is 15.6 Å². The lowest BCUT2D eigenvalue weighted by molar-refractivity contribution is -0.383. The summed E-state index contributed by atoms with van der Waals surface area (Å²) in [5.74, 6) is -0.494. The fraction of sp³-hybridized carbons (Fsp3) is 0.167. The highest BCUT2D eigenvalue weighted by molar-refractivity contribution is 9.10. The number of benzene rings is 1. The highest BCUT2D eigenvalue weighted by Crippen LogP contribution is 2.28. The van der Waals surface area contributed by atoms with Crippen molar-refractivity contribution in [3.63, 3.8) is 0 Å². The summed E-state index contributed by atoms with van der Waals surface area (Å²) < 4.78 is 2.00. The van der Waals surface area contributed by atoms with Crippen molar-refractivity contribution in [2.75, 3.05) is 5.32 Å².